The normalized spacial score (nSPS) is 11.4. The van der Waals surface area contributed by atoms with Crippen LogP contribution in [0.25, 0.3) is 0 Å². The van der Waals surface area contributed by atoms with E-state index in [1.807, 2.05) is 0 Å². The molecule has 0 amide bonds. The summed E-state index contributed by atoms with van der Waals surface area (Å²) in [6.45, 7) is 11.4. The monoisotopic (exact) mass is 232 g/mol. The third kappa shape index (κ3) is 3.97. The van der Waals surface area contributed by atoms with Gasteiger partial charge in [-0.05, 0) is 18.9 Å². The van der Waals surface area contributed by atoms with E-state index in [-0.39, 0.29) is 0 Å². The molecule has 1 aromatic rings. The van der Waals surface area contributed by atoms with Gasteiger partial charge in [0.15, 0.2) is 0 Å². The van der Waals surface area contributed by atoms with E-state index >= 15 is 0 Å². The molecule has 0 nitrogen and oxygen atoms in total. The molecule has 0 radical (unpaired) electrons. The largest absolute Gasteiger partial charge is 0.100 e. The Hall–Kier alpha value is -0.823. The summed E-state index contributed by atoms with van der Waals surface area (Å²) < 4.78 is 0. The zero-order valence-corrected chi connectivity index (χ0v) is 11.9. The SMILES string of the molecule is C=C(CCCC)C[Si](C)(C)c1ccccc1. The van der Waals surface area contributed by atoms with Gasteiger partial charge in [0.1, 0.15) is 0 Å². The summed E-state index contributed by atoms with van der Waals surface area (Å²) in [5.41, 5.74) is 1.45. The van der Waals surface area contributed by atoms with Crippen molar-refractivity contribution in [2.24, 2.45) is 0 Å². The first-order valence-corrected chi connectivity index (χ1v) is 9.49. The Morgan fingerprint density at radius 2 is 1.81 bits per heavy atom. The Bertz CT molecular complexity index is 325. The number of unbranched alkanes of at least 4 members (excludes halogenated alkanes) is 1. The fourth-order valence-electron chi connectivity index (χ4n) is 2.13. The van der Waals surface area contributed by atoms with Gasteiger partial charge in [-0.1, -0.05) is 67.5 Å². The molecule has 0 atom stereocenters. The third-order valence-corrected chi connectivity index (χ3v) is 6.41. The summed E-state index contributed by atoms with van der Waals surface area (Å²) in [5.74, 6) is 0. The van der Waals surface area contributed by atoms with Crippen molar-refractivity contribution in [2.75, 3.05) is 0 Å². The predicted octanol–water partition coefficient (Wildman–Crippen LogP) is 4.35. The standard InChI is InChI=1S/C15H24Si/c1-5-6-10-14(2)13-16(3,4)15-11-8-7-9-12-15/h7-9,11-12H,2,5-6,10,13H2,1,3-4H3. The highest BCUT2D eigenvalue weighted by atomic mass is 28.3. The van der Waals surface area contributed by atoms with Gasteiger partial charge in [0.25, 0.3) is 0 Å². The van der Waals surface area contributed by atoms with Crippen LogP contribution in [0.5, 0.6) is 0 Å². The molecule has 0 spiro atoms. The first-order chi connectivity index (χ1) is 7.56. The van der Waals surface area contributed by atoms with Gasteiger partial charge >= 0.3 is 0 Å². The molecule has 0 heterocycles. The summed E-state index contributed by atoms with van der Waals surface area (Å²) in [4.78, 5) is 0. The Morgan fingerprint density at radius 1 is 1.19 bits per heavy atom. The average Bonchev–Trinajstić information content (AvgIpc) is 2.27. The minimum atomic E-state index is -1.29. The van der Waals surface area contributed by atoms with Crippen molar-refractivity contribution in [3.05, 3.63) is 42.5 Å². The molecule has 1 rings (SSSR count). The number of hydrogen-bond donors (Lipinski definition) is 0. The maximum atomic E-state index is 4.24. The van der Waals surface area contributed by atoms with Crippen LogP contribution in [0.1, 0.15) is 26.2 Å². The van der Waals surface area contributed by atoms with Gasteiger partial charge < -0.3 is 0 Å². The molecule has 16 heavy (non-hydrogen) atoms. The second kappa shape index (κ2) is 6.05. The highest BCUT2D eigenvalue weighted by molar-refractivity contribution is 6.90. The molecular weight excluding hydrogens is 208 g/mol. The van der Waals surface area contributed by atoms with E-state index < -0.39 is 8.07 Å². The molecule has 0 aliphatic rings. The number of hydrogen-bond acceptors (Lipinski definition) is 0. The van der Waals surface area contributed by atoms with E-state index in [9.17, 15) is 0 Å². The molecule has 0 aromatic heterocycles. The van der Waals surface area contributed by atoms with E-state index in [4.69, 9.17) is 0 Å². The second-order valence-corrected chi connectivity index (χ2v) is 9.98. The summed E-state index contributed by atoms with van der Waals surface area (Å²) >= 11 is 0. The predicted molar refractivity (Wildman–Crippen MR) is 77.0 cm³/mol. The Balaban J connectivity index is 2.61. The molecule has 1 heteroatoms. The van der Waals surface area contributed by atoms with Crippen molar-refractivity contribution in [2.45, 2.75) is 45.3 Å². The summed E-state index contributed by atoms with van der Waals surface area (Å²) in [7, 11) is -1.29. The van der Waals surface area contributed by atoms with E-state index in [1.165, 1.54) is 30.9 Å². The molecule has 0 saturated heterocycles. The van der Waals surface area contributed by atoms with Crippen LogP contribution in [0.4, 0.5) is 0 Å². The van der Waals surface area contributed by atoms with Gasteiger partial charge in [-0.25, -0.2) is 0 Å². The van der Waals surface area contributed by atoms with Crippen molar-refractivity contribution >= 4 is 13.3 Å². The van der Waals surface area contributed by atoms with Gasteiger partial charge in [-0.15, -0.1) is 6.58 Å². The van der Waals surface area contributed by atoms with Crippen LogP contribution in [0, 0.1) is 0 Å². The number of allylic oxidation sites excluding steroid dienone is 1. The molecule has 0 aliphatic carbocycles. The Kier molecular flexibility index (Phi) is 5.00. The Morgan fingerprint density at radius 3 is 2.38 bits per heavy atom. The molecular formula is C15H24Si. The average molecular weight is 232 g/mol. The highest BCUT2D eigenvalue weighted by Crippen LogP contribution is 2.19. The van der Waals surface area contributed by atoms with E-state index in [0.29, 0.717) is 0 Å². The zero-order valence-electron chi connectivity index (χ0n) is 10.9. The quantitative estimate of drug-likeness (QED) is 0.505. The molecule has 0 N–H and O–H groups in total. The van der Waals surface area contributed by atoms with Crippen LogP contribution in [-0.2, 0) is 0 Å². The lowest BCUT2D eigenvalue weighted by atomic mass is 10.1. The number of benzene rings is 1. The first-order valence-electron chi connectivity index (χ1n) is 6.28. The Labute approximate surface area is 101 Å². The van der Waals surface area contributed by atoms with Crippen LogP contribution in [-0.4, -0.2) is 8.07 Å². The molecule has 0 aliphatic heterocycles. The van der Waals surface area contributed by atoms with Crippen molar-refractivity contribution < 1.29 is 0 Å². The lowest BCUT2D eigenvalue weighted by Crippen LogP contribution is -2.41. The van der Waals surface area contributed by atoms with Gasteiger partial charge in [0.05, 0.1) is 8.07 Å². The smallest absolute Gasteiger partial charge is 0.0845 e. The maximum absolute atomic E-state index is 4.24. The maximum Gasteiger partial charge on any atom is 0.0845 e. The van der Waals surface area contributed by atoms with Gasteiger partial charge in [0.2, 0.25) is 0 Å². The van der Waals surface area contributed by atoms with Crippen LogP contribution in [0.3, 0.4) is 0 Å². The van der Waals surface area contributed by atoms with Gasteiger partial charge in [-0.3, -0.25) is 0 Å². The topological polar surface area (TPSA) is 0 Å². The molecule has 0 bridgehead atoms. The minimum Gasteiger partial charge on any atom is -0.100 e. The zero-order chi connectivity index (χ0) is 12.0. The van der Waals surface area contributed by atoms with Gasteiger partial charge in [0, 0.05) is 0 Å². The third-order valence-electron chi connectivity index (χ3n) is 3.13. The lowest BCUT2D eigenvalue weighted by Gasteiger charge is -2.24. The molecule has 0 saturated carbocycles. The summed E-state index contributed by atoms with van der Waals surface area (Å²) in [5, 5.41) is 1.55. The van der Waals surface area contributed by atoms with Crippen LogP contribution in [0.2, 0.25) is 19.1 Å². The van der Waals surface area contributed by atoms with Crippen molar-refractivity contribution in [3.63, 3.8) is 0 Å². The lowest BCUT2D eigenvalue weighted by molar-refractivity contribution is 0.787. The van der Waals surface area contributed by atoms with Crippen molar-refractivity contribution in [1.29, 1.82) is 0 Å². The fourth-order valence-corrected chi connectivity index (χ4v) is 4.86. The van der Waals surface area contributed by atoms with Gasteiger partial charge in [-0.2, -0.15) is 0 Å². The molecule has 1 aromatic carbocycles. The van der Waals surface area contributed by atoms with E-state index in [2.05, 4.69) is 56.9 Å². The minimum absolute atomic E-state index is 1.21. The van der Waals surface area contributed by atoms with Crippen LogP contribution < -0.4 is 5.19 Å². The van der Waals surface area contributed by atoms with Crippen molar-refractivity contribution in [3.8, 4) is 0 Å². The molecule has 0 unspecified atom stereocenters. The van der Waals surface area contributed by atoms with Crippen LogP contribution in [0.15, 0.2) is 42.5 Å². The van der Waals surface area contributed by atoms with E-state index in [1.54, 1.807) is 5.19 Å². The second-order valence-electron chi connectivity index (χ2n) is 5.28. The highest BCUT2D eigenvalue weighted by Gasteiger charge is 2.23. The van der Waals surface area contributed by atoms with Crippen molar-refractivity contribution in [1.82, 2.24) is 0 Å². The first kappa shape index (κ1) is 13.2. The summed E-state index contributed by atoms with van der Waals surface area (Å²) in [6.07, 6.45) is 3.77. The fraction of sp³-hybridized carbons (Fsp3) is 0.467. The van der Waals surface area contributed by atoms with E-state index in [0.717, 1.165) is 0 Å². The molecule has 0 fully saturated rings. The summed E-state index contributed by atoms with van der Waals surface area (Å²) in [6, 6.07) is 12.2. The molecule has 88 valence electrons. The number of rotatable bonds is 6. The van der Waals surface area contributed by atoms with Crippen LogP contribution >= 0.6 is 0 Å².